The first-order chi connectivity index (χ1) is 7.82. The summed E-state index contributed by atoms with van der Waals surface area (Å²) in [6.07, 6.45) is 0. The monoisotopic (exact) mass is 302 g/mol. The zero-order chi connectivity index (χ0) is 13.2. The number of carbonyl (C=O) groups excluding carboxylic acids is 1. The average molecular weight is 303 g/mol. The van der Waals surface area contributed by atoms with Gasteiger partial charge in [-0.2, -0.15) is 0 Å². The van der Waals surface area contributed by atoms with E-state index in [1.165, 1.54) is 12.1 Å². The van der Waals surface area contributed by atoms with E-state index in [-0.39, 0.29) is 17.6 Å². The van der Waals surface area contributed by atoms with Gasteiger partial charge in [0, 0.05) is 5.69 Å². The van der Waals surface area contributed by atoms with Gasteiger partial charge in [-0.1, -0.05) is 13.8 Å². The van der Waals surface area contributed by atoms with Gasteiger partial charge in [0.25, 0.3) is 0 Å². The van der Waals surface area contributed by atoms with Gasteiger partial charge >= 0.3 is 0 Å². The highest BCUT2D eigenvalue weighted by Gasteiger charge is 2.18. The molecule has 1 amide bonds. The summed E-state index contributed by atoms with van der Waals surface area (Å²) >= 11 is 3.08. The SMILES string of the molecule is Cc1cc(F)c(Br)cc1NC(=O)C(N)C(C)C. The van der Waals surface area contributed by atoms with E-state index in [1.54, 1.807) is 6.92 Å². The van der Waals surface area contributed by atoms with Crippen LogP contribution in [0.4, 0.5) is 10.1 Å². The van der Waals surface area contributed by atoms with Crippen molar-refractivity contribution in [2.75, 3.05) is 5.32 Å². The summed E-state index contributed by atoms with van der Waals surface area (Å²) in [6, 6.07) is 2.33. The van der Waals surface area contributed by atoms with Crippen molar-refractivity contribution in [2.24, 2.45) is 11.7 Å². The van der Waals surface area contributed by atoms with Crippen molar-refractivity contribution in [2.45, 2.75) is 26.8 Å². The highest BCUT2D eigenvalue weighted by Crippen LogP contribution is 2.24. The van der Waals surface area contributed by atoms with Crippen molar-refractivity contribution < 1.29 is 9.18 Å². The van der Waals surface area contributed by atoms with Crippen molar-refractivity contribution in [3.8, 4) is 0 Å². The molecule has 3 N–H and O–H groups in total. The van der Waals surface area contributed by atoms with Gasteiger partial charge in [-0.3, -0.25) is 4.79 Å². The second kappa shape index (κ2) is 5.60. The minimum absolute atomic E-state index is 0.0548. The average Bonchev–Trinajstić information content (AvgIpc) is 2.24. The zero-order valence-electron chi connectivity index (χ0n) is 10.1. The molecule has 1 rings (SSSR count). The Kier molecular flexibility index (Phi) is 4.65. The number of anilines is 1. The van der Waals surface area contributed by atoms with E-state index in [1.807, 2.05) is 13.8 Å². The van der Waals surface area contributed by atoms with Crippen LogP contribution in [0.1, 0.15) is 19.4 Å². The number of carbonyl (C=O) groups is 1. The molecule has 1 aromatic carbocycles. The molecule has 0 saturated carbocycles. The van der Waals surface area contributed by atoms with E-state index in [2.05, 4.69) is 21.2 Å². The lowest BCUT2D eigenvalue weighted by atomic mass is 10.0. The molecular formula is C12H16BrFN2O. The largest absolute Gasteiger partial charge is 0.324 e. The van der Waals surface area contributed by atoms with Gasteiger partial charge in [0.2, 0.25) is 5.91 Å². The summed E-state index contributed by atoms with van der Waals surface area (Å²) in [5.74, 6) is -0.561. The number of nitrogens with two attached hydrogens (primary N) is 1. The number of nitrogens with one attached hydrogen (secondary N) is 1. The third-order valence-corrected chi connectivity index (χ3v) is 3.15. The summed E-state index contributed by atoms with van der Waals surface area (Å²) in [5, 5.41) is 2.70. The Balaban J connectivity index is 2.89. The number of hydrogen-bond acceptors (Lipinski definition) is 2. The predicted molar refractivity (Wildman–Crippen MR) is 70.3 cm³/mol. The molecule has 94 valence electrons. The molecule has 5 heteroatoms. The van der Waals surface area contributed by atoms with Gasteiger partial charge < -0.3 is 11.1 Å². The second-order valence-electron chi connectivity index (χ2n) is 4.34. The molecule has 0 fully saturated rings. The van der Waals surface area contributed by atoms with E-state index in [0.29, 0.717) is 15.7 Å². The molecule has 1 aromatic rings. The Morgan fingerprint density at radius 1 is 1.47 bits per heavy atom. The molecule has 0 heterocycles. The Morgan fingerprint density at radius 3 is 2.59 bits per heavy atom. The van der Waals surface area contributed by atoms with Crippen LogP contribution in [0.2, 0.25) is 0 Å². The van der Waals surface area contributed by atoms with Gasteiger partial charge in [0.15, 0.2) is 0 Å². The molecule has 0 aliphatic rings. The molecule has 0 radical (unpaired) electrons. The fourth-order valence-electron chi connectivity index (χ4n) is 1.30. The van der Waals surface area contributed by atoms with Gasteiger partial charge in [-0.15, -0.1) is 0 Å². The standard InChI is InChI=1S/C12H16BrFN2O/c1-6(2)11(15)12(17)16-10-5-8(13)9(14)4-7(10)3/h4-6,11H,15H2,1-3H3,(H,16,17). The Morgan fingerprint density at radius 2 is 2.06 bits per heavy atom. The molecule has 0 aliphatic heterocycles. The maximum absolute atomic E-state index is 13.2. The van der Waals surface area contributed by atoms with Gasteiger partial charge in [0.1, 0.15) is 5.82 Å². The lowest BCUT2D eigenvalue weighted by Gasteiger charge is -2.16. The van der Waals surface area contributed by atoms with Gasteiger partial charge in [-0.25, -0.2) is 4.39 Å². The number of amides is 1. The van der Waals surface area contributed by atoms with Crippen molar-refractivity contribution >= 4 is 27.5 Å². The minimum atomic E-state index is -0.571. The number of rotatable bonds is 3. The third-order valence-electron chi connectivity index (χ3n) is 2.55. The molecule has 17 heavy (non-hydrogen) atoms. The molecule has 0 aliphatic carbocycles. The summed E-state index contributed by atoms with van der Waals surface area (Å²) in [6.45, 7) is 5.47. The third kappa shape index (κ3) is 3.51. The van der Waals surface area contributed by atoms with Crippen LogP contribution in [0.5, 0.6) is 0 Å². The molecule has 0 bridgehead atoms. The van der Waals surface area contributed by atoms with E-state index in [0.717, 1.165) is 0 Å². The molecule has 3 nitrogen and oxygen atoms in total. The number of halogens is 2. The van der Waals surface area contributed by atoms with E-state index in [9.17, 15) is 9.18 Å². The van der Waals surface area contributed by atoms with Crippen LogP contribution in [0.25, 0.3) is 0 Å². The fourth-order valence-corrected chi connectivity index (χ4v) is 1.64. The highest BCUT2D eigenvalue weighted by atomic mass is 79.9. The summed E-state index contributed by atoms with van der Waals surface area (Å²) < 4.78 is 13.5. The van der Waals surface area contributed by atoms with E-state index < -0.39 is 6.04 Å². The van der Waals surface area contributed by atoms with Crippen molar-refractivity contribution in [3.63, 3.8) is 0 Å². The second-order valence-corrected chi connectivity index (χ2v) is 5.19. The highest BCUT2D eigenvalue weighted by molar-refractivity contribution is 9.10. The summed E-state index contributed by atoms with van der Waals surface area (Å²) in [7, 11) is 0. The van der Waals surface area contributed by atoms with Gasteiger partial charge in [0.05, 0.1) is 10.5 Å². The predicted octanol–water partition coefficient (Wildman–Crippen LogP) is 2.82. The zero-order valence-corrected chi connectivity index (χ0v) is 11.6. The number of aryl methyl sites for hydroxylation is 1. The topological polar surface area (TPSA) is 55.1 Å². The van der Waals surface area contributed by atoms with E-state index in [4.69, 9.17) is 5.73 Å². The van der Waals surface area contributed by atoms with Crippen molar-refractivity contribution in [1.82, 2.24) is 0 Å². The first kappa shape index (κ1) is 14.1. The van der Waals surface area contributed by atoms with Crippen molar-refractivity contribution in [3.05, 3.63) is 28.0 Å². The molecule has 1 unspecified atom stereocenters. The van der Waals surface area contributed by atoms with Crippen LogP contribution in [0.15, 0.2) is 16.6 Å². The molecular weight excluding hydrogens is 287 g/mol. The van der Waals surface area contributed by atoms with Crippen LogP contribution >= 0.6 is 15.9 Å². The number of benzene rings is 1. The van der Waals surface area contributed by atoms with Crippen LogP contribution in [0.3, 0.4) is 0 Å². The Labute approximate surface area is 109 Å². The maximum Gasteiger partial charge on any atom is 0.241 e. The summed E-state index contributed by atoms with van der Waals surface area (Å²) in [5.41, 5.74) is 6.96. The molecule has 0 spiro atoms. The van der Waals surface area contributed by atoms with Crippen LogP contribution in [0, 0.1) is 18.7 Å². The normalized spacial score (nSPS) is 12.6. The quantitative estimate of drug-likeness (QED) is 0.902. The lowest BCUT2D eigenvalue weighted by molar-refractivity contribution is -0.118. The molecule has 1 atom stereocenters. The molecule has 0 aromatic heterocycles. The lowest BCUT2D eigenvalue weighted by Crippen LogP contribution is -2.39. The van der Waals surface area contributed by atoms with Gasteiger partial charge in [-0.05, 0) is 46.5 Å². The number of hydrogen-bond donors (Lipinski definition) is 2. The Bertz CT molecular complexity index is 435. The summed E-state index contributed by atoms with van der Waals surface area (Å²) in [4.78, 5) is 11.8. The van der Waals surface area contributed by atoms with E-state index >= 15 is 0 Å². The molecule has 0 saturated heterocycles. The minimum Gasteiger partial charge on any atom is -0.324 e. The van der Waals surface area contributed by atoms with Crippen LogP contribution in [-0.4, -0.2) is 11.9 Å². The van der Waals surface area contributed by atoms with Crippen LogP contribution < -0.4 is 11.1 Å². The maximum atomic E-state index is 13.2. The Hall–Kier alpha value is -0.940. The van der Waals surface area contributed by atoms with Crippen molar-refractivity contribution in [1.29, 1.82) is 0 Å². The fraction of sp³-hybridized carbons (Fsp3) is 0.417. The first-order valence-corrected chi connectivity index (χ1v) is 6.14. The smallest absolute Gasteiger partial charge is 0.241 e. The first-order valence-electron chi connectivity index (χ1n) is 5.35. The van der Waals surface area contributed by atoms with Crippen LogP contribution in [-0.2, 0) is 4.79 Å².